The number of alkyl halides is 2. The lowest BCUT2D eigenvalue weighted by Crippen LogP contribution is -2.20. The Labute approximate surface area is 173 Å². The average Bonchev–Trinajstić information content (AvgIpc) is 3.17. The van der Waals surface area contributed by atoms with E-state index in [0.717, 1.165) is 16.0 Å². The number of ether oxygens (including phenoxy) is 1. The fourth-order valence-corrected chi connectivity index (χ4v) is 4.67. The molecule has 2 aromatic heterocycles. The summed E-state index contributed by atoms with van der Waals surface area (Å²) in [6.45, 7) is 0.274. The van der Waals surface area contributed by atoms with Gasteiger partial charge in [0, 0.05) is 4.88 Å². The van der Waals surface area contributed by atoms with Gasteiger partial charge in [0.25, 0.3) is 11.3 Å². The largest absolute Gasteiger partial charge is 0.496 e. The van der Waals surface area contributed by atoms with E-state index in [9.17, 15) is 13.6 Å². The normalized spacial score (nSPS) is 11.3. The van der Waals surface area contributed by atoms with Crippen molar-refractivity contribution in [2.75, 3.05) is 7.11 Å². The molecule has 2 aromatic carbocycles. The Morgan fingerprint density at radius 2 is 1.97 bits per heavy atom. The van der Waals surface area contributed by atoms with Gasteiger partial charge in [0.05, 0.1) is 30.4 Å². The highest BCUT2D eigenvalue weighted by atomic mass is 32.2. The standard InChI is InChI=1S/C21H16F2N2O2S2/c1-27-16-9-13(7-8-17(16)29-21(22)23)11-25-12-24-15-10-18(28-19(15)20(25)26)14-5-3-2-4-6-14/h2-10,12,21H,11H2,1H3. The van der Waals surface area contributed by atoms with Crippen molar-refractivity contribution < 1.29 is 13.5 Å². The van der Waals surface area contributed by atoms with Crippen LogP contribution in [0.3, 0.4) is 0 Å². The first-order valence-electron chi connectivity index (χ1n) is 8.71. The predicted octanol–water partition coefficient (Wildman–Crippen LogP) is 5.50. The number of hydrogen-bond acceptors (Lipinski definition) is 5. The van der Waals surface area contributed by atoms with Gasteiger partial charge in [-0.25, -0.2) is 4.98 Å². The van der Waals surface area contributed by atoms with Crippen molar-refractivity contribution in [1.82, 2.24) is 9.55 Å². The molecule has 2 heterocycles. The third kappa shape index (κ3) is 4.18. The lowest BCUT2D eigenvalue weighted by molar-refractivity contribution is 0.251. The number of halogens is 2. The van der Waals surface area contributed by atoms with Crippen LogP contribution in [-0.4, -0.2) is 22.4 Å². The van der Waals surface area contributed by atoms with Crippen LogP contribution >= 0.6 is 23.1 Å². The monoisotopic (exact) mass is 430 g/mol. The Bertz CT molecular complexity index is 1210. The van der Waals surface area contributed by atoms with Crippen LogP contribution in [0.5, 0.6) is 5.75 Å². The van der Waals surface area contributed by atoms with Crippen molar-refractivity contribution >= 4 is 33.3 Å². The summed E-state index contributed by atoms with van der Waals surface area (Å²) in [7, 11) is 1.44. The molecule has 4 nitrogen and oxygen atoms in total. The molecule has 4 aromatic rings. The summed E-state index contributed by atoms with van der Waals surface area (Å²) < 4.78 is 32.7. The third-order valence-corrected chi connectivity index (χ3v) is 6.29. The molecule has 0 N–H and O–H groups in total. The molecule has 0 atom stereocenters. The predicted molar refractivity (Wildman–Crippen MR) is 113 cm³/mol. The molecule has 29 heavy (non-hydrogen) atoms. The van der Waals surface area contributed by atoms with Crippen LogP contribution in [0, 0.1) is 0 Å². The summed E-state index contributed by atoms with van der Waals surface area (Å²) in [6.07, 6.45) is 1.51. The number of rotatable bonds is 6. The fourth-order valence-electron chi connectivity index (χ4n) is 3.00. The van der Waals surface area contributed by atoms with Gasteiger partial charge in [0.15, 0.2) is 0 Å². The minimum Gasteiger partial charge on any atom is -0.496 e. The van der Waals surface area contributed by atoms with Gasteiger partial charge in [-0.1, -0.05) is 48.2 Å². The summed E-state index contributed by atoms with van der Waals surface area (Å²) in [6, 6.07) is 16.7. The summed E-state index contributed by atoms with van der Waals surface area (Å²) in [5, 5.41) is 0. The number of nitrogens with zero attached hydrogens (tertiary/aromatic N) is 2. The lowest BCUT2D eigenvalue weighted by Gasteiger charge is -2.11. The second-order valence-electron chi connectivity index (χ2n) is 6.23. The molecule has 0 aliphatic rings. The van der Waals surface area contributed by atoms with Crippen LogP contribution in [0.25, 0.3) is 20.7 Å². The number of aromatic nitrogens is 2. The Balaban J connectivity index is 1.66. The lowest BCUT2D eigenvalue weighted by atomic mass is 10.2. The van der Waals surface area contributed by atoms with Gasteiger partial charge >= 0.3 is 0 Å². The molecule has 0 unspecified atom stereocenters. The molecule has 4 rings (SSSR count). The van der Waals surface area contributed by atoms with E-state index in [2.05, 4.69) is 4.98 Å². The van der Waals surface area contributed by atoms with Crippen molar-refractivity contribution in [2.24, 2.45) is 0 Å². The zero-order chi connectivity index (χ0) is 20.4. The van der Waals surface area contributed by atoms with Crippen molar-refractivity contribution in [2.45, 2.75) is 17.2 Å². The highest BCUT2D eigenvalue weighted by Gasteiger charge is 2.14. The van der Waals surface area contributed by atoms with Gasteiger partial charge in [-0.05, 0) is 29.3 Å². The first kappa shape index (κ1) is 19.6. The summed E-state index contributed by atoms with van der Waals surface area (Å²) >= 11 is 1.84. The first-order chi connectivity index (χ1) is 14.0. The van der Waals surface area contributed by atoms with Gasteiger partial charge in [0.2, 0.25) is 0 Å². The molecule has 0 radical (unpaired) electrons. The average molecular weight is 431 g/mol. The minimum atomic E-state index is -2.53. The Kier molecular flexibility index (Phi) is 5.64. The smallest absolute Gasteiger partial charge is 0.289 e. The maximum atomic E-state index is 12.9. The van der Waals surface area contributed by atoms with Crippen LogP contribution in [0.4, 0.5) is 8.78 Å². The van der Waals surface area contributed by atoms with Crippen LogP contribution in [0.2, 0.25) is 0 Å². The summed E-state index contributed by atoms with van der Waals surface area (Å²) in [4.78, 5) is 18.7. The van der Waals surface area contributed by atoms with E-state index in [0.29, 0.717) is 32.6 Å². The maximum Gasteiger partial charge on any atom is 0.289 e. The van der Waals surface area contributed by atoms with Crippen LogP contribution in [-0.2, 0) is 6.54 Å². The molecule has 8 heteroatoms. The number of fused-ring (bicyclic) bond motifs is 1. The Morgan fingerprint density at radius 1 is 1.17 bits per heavy atom. The maximum absolute atomic E-state index is 12.9. The molecule has 0 aliphatic heterocycles. The molecular weight excluding hydrogens is 414 g/mol. The van der Waals surface area contributed by atoms with Crippen molar-refractivity contribution in [3.05, 3.63) is 76.8 Å². The summed E-state index contributed by atoms with van der Waals surface area (Å²) in [5.74, 6) is -2.17. The number of benzene rings is 2. The van der Waals surface area contributed by atoms with Crippen LogP contribution < -0.4 is 10.3 Å². The van der Waals surface area contributed by atoms with Crippen molar-refractivity contribution in [1.29, 1.82) is 0 Å². The number of thiophene rings is 1. The van der Waals surface area contributed by atoms with Crippen LogP contribution in [0.1, 0.15) is 5.56 Å². The van der Waals surface area contributed by atoms with Gasteiger partial charge in [0.1, 0.15) is 10.4 Å². The van der Waals surface area contributed by atoms with Gasteiger partial charge < -0.3 is 4.74 Å². The second-order valence-corrected chi connectivity index (χ2v) is 8.32. The molecule has 0 amide bonds. The Morgan fingerprint density at radius 3 is 2.69 bits per heavy atom. The van der Waals surface area contributed by atoms with E-state index >= 15 is 0 Å². The molecule has 0 spiro atoms. The van der Waals surface area contributed by atoms with Gasteiger partial charge in [-0.15, -0.1) is 11.3 Å². The number of hydrogen-bond donors (Lipinski definition) is 0. The molecular formula is C21H16F2N2O2S2. The SMILES string of the molecule is COc1cc(Cn2cnc3cc(-c4ccccc4)sc3c2=O)ccc1SC(F)F. The zero-order valence-corrected chi connectivity index (χ0v) is 17.0. The molecule has 0 aliphatic carbocycles. The number of methoxy groups -OCH3 is 1. The molecule has 0 bridgehead atoms. The van der Waals surface area contributed by atoms with Crippen molar-refractivity contribution in [3.63, 3.8) is 0 Å². The number of thioether (sulfide) groups is 1. The molecule has 0 saturated heterocycles. The molecule has 0 saturated carbocycles. The first-order valence-corrected chi connectivity index (χ1v) is 10.4. The fraction of sp³-hybridized carbons (Fsp3) is 0.143. The topological polar surface area (TPSA) is 44.1 Å². The second kappa shape index (κ2) is 8.34. The van der Waals surface area contributed by atoms with E-state index in [1.165, 1.54) is 29.3 Å². The Hall–Kier alpha value is -2.71. The van der Waals surface area contributed by atoms with Crippen LogP contribution in [0.15, 0.2) is 70.6 Å². The van der Waals surface area contributed by atoms with Crippen molar-refractivity contribution in [3.8, 4) is 16.2 Å². The minimum absolute atomic E-state index is 0.132. The van der Waals surface area contributed by atoms with Gasteiger partial charge in [-0.2, -0.15) is 8.78 Å². The quantitative estimate of drug-likeness (QED) is 0.379. The van der Waals surface area contributed by atoms with E-state index in [4.69, 9.17) is 4.74 Å². The van der Waals surface area contributed by atoms with E-state index in [-0.39, 0.29) is 12.1 Å². The zero-order valence-electron chi connectivity index (χ0n) is 15.3. The third-order valence-electron chi connectivity index (χ3n) is 4.36. The van der Waals surface area contributed by atoms with E-state index in [1.807, 2.05) is 36.4 Å². The molecule has 0 fully saturated rings. The summed E-state index contributed by atoms with van der Waals surface area (Å²) in [5.41, 5.74) is 2.34. The van der Waals surface area contributed by atoms with E-state index < -0.39 is 5.76 Å². The highest BCUT2D eigenvalue weighted by Crippen LogP contribution is 2.34. The van der Waals surface area contributed by atoms with E-state index in [1.54, 1.807) is 18.2 Å². The molecule has 148 valence electrons. The van der Waals surface area contributed by atoms with Gasteiger partial charge in [-0.3, -0.25) is 9.36 Å². The highest BCUT2D eigenvalue weighted by molar-refractivity contribution is 7.99.